The number of hydrogen-bond donors (Lipinski definition) is 1. The summed E-state index contributed by atoms with van der Waals surface area (Å²) < 4.78 is 6.04. The minimum absolute atomic E-state index is 0.161. The Morgan fingerprint density at radius 3 is 2.96 bits per heavy atom. The predicted molar refractivity (Wildman–Crippen MR) is 91.1 cm³/mol. The van der Waals surface area contributed by atoms with Gasteiger partial charge in [-0.05, 0) is 42.0 Å². The molecule has 3 rings (SSSR count). The zero-order valence-electron chi connectivity index (χ0n) is 12.4. The van der Waals surface area contributed by atoms with Gasteiger partial charge in [0.05, 0.1) is 13.2 Å². The smallest absolute Gasteiger partial charge is 0.357 e. The highest BCUT2D eigenvalue weighted by molar-refractivity contribution is 7.17. The number of thiazole rings is 1. The van der Waals surface area contributed by atoms with Crippen LogP contribution in [0, 0.1) is 0 Å². The van der Waals surface area contributed by atoms with E-state index < -0.39 is 5.97 Å². The van der Waals surface area contributed by atoms with Crippen molar-refractivity contribution in [3.05, 3.63) is 51.3 Å². The van der Waals surface area contributed by atoms with Crippen LogP contribution in [0.15, 0.2) is 35.0 Å². The highest BCUT2D eigenvalue weighted by Gasteiger charge is 2.13. The van der Waals surface area contributed by atoms with Crippen LogP contribution in [0.2, 0.25) is 0 Å². The molecule has 7 heteroatoms. The van der Waals surface area contributed by atoms with Gasteiger partial charge in [-0.3, -0.25) is 4.79 Å². The molecular weight excluding hydrogens is 332 g/mol. The largest absolute Gasteiger partial charge is 0.461 e. The highest BCUT2D eigenvalue weighted by Crippen LogP contribution is 2.21. The molecule has 1 N–H and O–H groups in total. The van der Waals surface area contributed by atoms with Gasteiger partial charge >= 0.3 is 5.97 Å². The van der Waals surface area contributed by atoms with Crippen molar-refractivity contribution in [1.29, 1.82) is 0 Å². The quantitative estimate of drug-likeness (QED) is 0.718. The SMILES string of the molecule is CCOC(=O)c1csc(CNC(=O)c2ccc3sccc3c2)n1. The Morgan fingerprint density at radius 1 is 1.26 bits per heavy atom. The summed E-state index contributed by atoms with van der Waals surface area (Å²) in [6.45, 7) is 2.34. The number of aromatic nitrogens is 1. The van der Waals surface area contributed by atoms with Crippen LogP contribution in [0.1, 0.15) is 32.8 Å². The molecule has 1 aromatic carbocycles. The number of nitrogens with zero attached hydrogens (tertiary/aromatic N) is 1. The first-order valence-corrected chi connectivity index (χ1v) is 8.80. The van der Waals surface area contributed by atoms with E-state index in [4.69, 9.17) is 4.74 Å². The molecule has 0 unspecified atom stereocenters. The zero-order chi connectivity index (χ0) is 16.2. The maximum absolute atomic E-state index is 12.2. The summed E-state index contributed by atoms with van der Waals surface area (Å²) in [4.78, 5) is 27.9. The van der Waals surface area contributed by atoms with Gasteiger partial charge in [0.25, 0.3) is 5.91 Å². The lowest BCUT2D eigenvalue weighted by Crippen LogP contribution is -2.22. The summed E-state index contributed by atoms with van der Waals surface area (Å²) in [7, 11) is 0. The van der Waals surface area contributed by atoms with Crippen molar-refractivity contribution in [2.45, 2.75) is 13.5 Å². The Kier molecular flexibility index (Phi) is 4.68. The molecule has 0 saturated carbocycles. The minimum Gasteiger partial charge on any atom is -0.461 e. The molecule has 0 radical (unpaired) electrons. The van der Waals surface area contributed by atoms with Gasteiger partial charge in [-0.1, -0.05) is 0 Å². The van der Waals surface area contributed by atoms with Gasteiger partial charge < -0.3 is 10.1 Å². The number of amides is 1. The fraction of sp³-hybridized carbons (Fsp3) is 0.188. The normalized spacial score (nSPS) is 10.7. The third-order valence-electron chi connectivity index (χ3n) is 3.15. The molecule has 0 aliphatic heterocycles. The summed E-state index contributed by atoms with van der Waals surface area (Å²) in [6, 6.07) is 7.60. The molecule has 0 atom stereocenters. The third-order valence-corrected chi connectivity index (χ3v) is 4.90. The van der Waals surface area contributed by atoms with Gasteiger partial charge in [0.1, 0.15) is 5.01 Å². The number of esters is 1. The van der Waals surface area contributed by atoms with Gasteiger partial charge in [0.15, 0.2) is 5.69 Å². The first-order chi connectivity index (χ1) is 11.2. The second kappa shape index (κ2) is 6.89. The average molecular weight is 346 g/mol. The molecule has 118 valence electrons. The van der Waals surface area contributed by atoms with Gasteiger partial charge in [-0.25, -0.2) is 9.78 Å². The van der Waals surface area contributed by atoms with Crippen molar-refractivity contribution in [3.8, 4) is 0 Å². The number of carbonyl (C=O) groups is 2. The van der Waals surface area contributed by atoms with Gasteiger partial charge in [-0.15, -0.1) is 22.7 Å². The van der Waals surface area contributed by atoms with Crippen LogP contribution in [0.3, 0.4) is 0 Å². The zero-order valence-corrected chi connectivity index (χ0v) is 14.0. The topological polar surface area (TPSA) is 68.3 Å². The second-order valence-electron chi connectivity index (χ2n) is 4.70. The molecule has 23 heavy (non-hydrogen) atoms. The standard InChI is InChI=1S/C16H14N2O3S2/c1-2-21-16(20)12-9-23-14(18-12)8-17-15(19)11-3-4-13-10(7-11)5-6-22-13/h3-7,9H,2,8H2,1H3,(H,17,19). The predicted octanol–water partition coefficient (Wildman–Crippen LogP) is 3.46. The first kappa shape index (κ1) is 15.6. The third kappa shape index (κ3) is 3.57. The minimum atomic E-state index is -0.441. The molecule has 2 heterocycles. The van der Waals surface area contributed by atoms with E-state index in [2.05, 4.69) is 10.3 Å². The highest BCUT2D eigenvalue weighted by atomic mass is 32.1. The number of benzene rings is 1. The number of ether oxygens (including phenoxy) is 1. The molecular formula is C16H14N2O3S2. The molecule has 3 aromatic rings. The Labute approximate surface area is 140 Å². The Hall–Kier alpha value is -2.25. The number of thiophene rings is 1. The van der Waals surface area contributed by atoms with Crippen LogP contribution in [-0.2, 0) is 11.3 Å². The lowest BCUT2D eigenvalue weighted by atomic mass is 10.1. The van der Waals surface area contributed by atoms with E-state index >= 15 is 0 Å². The maximum Gasteiger partial charge on any atom is 0.357 e. The van der Waals surface area contributed by atoms with E-state index in [-0.39, 0.29) is 18.1 Å². The summed E-state index contributed by atoms with van der Waals surface area (Å²) in [5.41, 5.74) is 0.888. The molecule has 1 amide bonds. The maximum atomic E-state index is 12.2. The Bertz CT molecular complexity index is 854. The molecule has 0 spiro atoms. The molecule has 0 saturated heterocycles. The van der Waals surface area contributed by atoms with Crippen LogP contribution in [0.5, 0.6) is 0 Å². The second-order valence-corrected chi connectivity index (χ2v) is 6.59. The van der Waals surface area contributed by atoms with E-state index in [1.165, 1.54) is 11.3 Å². The summed E-state index contributed by atoms with van der Waals surface area (Å²) in [6.07, 6.45) is 0. The molecule has 0 aliphatic rings. The van der Waals surface area contributed by atoms with Gasteiger partial charge in [-0.2, -0.15) is 0 Å². The van der Waals surface area contributed by atoms with Crippen LogP contribution in [0.4, 0.5) is 0 Å². The Morgan fingerprint density at radius 2 is 2.13 bits per heavy atom. The van der Waals surface area contributed by atoms with Crippen LogP contribution < -0.4 is 5.32 Å². The van der Waals surface area contributed by atoms with Crippen LogP contribution >= 0.6 is 22.7 Å². The van der Waals surface area contributed by atoms with Crippen molar-refractivity contribution in [2.75, 3.05) is 6.61 Å². The molecule has 5 nitrogen and oxygen atoms in total. The van der Waals surface area contributed by atoms with Crippen molar-refractivity contribution in [2.24, 2.45) is 0 Å². The molecule has 0 bridgehead atoms. The first-order valence-electron chi connectivity index (χ1n) is 7.04. The van der Waals surface area contributed by atoms with Crippen molar-refractivity contribution in [3.63, 3.8) is 0 Å². The lowest BCUT2D eigenvalue weighted by molar-refractivity contribution is 0.0520. The molecule has 2 aromatic heterocycles. The number of fused-ring (bicyclic) bond motifs is 1. The van der Waals surface area contributed by atoms with E-state index in [0.29, 0.717) is 17.2 Å². The van der Waals surface area contributed by atoms with Gasteiger partial charge in [0.2, 0.25) is 0 Å². The Balaban J connectivity index is 1.63. The fourth-order valence-electron chi connectivity index (χ4n) is 2.06. The number of rotatable bonds is 5. The summed E-state index contributed by atoms with van der Waals surface area (Å²) in [5.74, 6) is -0.602. The van der Waals surface area contributed by atoms with Crippen LogP contribution in [0.25, 0.3) is 10.1 Å². The number of nitrogens with one attached hydrogen (secondary N) is 1. The van der Waals surface area contributed by atoms with Gasteiger partial charge in [0, 0.05) is 15.6 Å². The van der Waals surface area contributed by atoms with Crippen LogP contribution in [-0.4, -0.2) is 23.5 Å². The van der Waals surface area contributed by atoms with Crippen molar-refractivity contribution >= 4 is 44.6 Å². The van der Waals surface area contributed by atoms with Crippen molar-refractivity contribution in [1.82, 2.24) is 10.3 Å². The molecule has 0 aliphatic carbocycles. The summed E-state index contributed by atoms with van der Waals surface area (Å²) in [5, 5.41) is 8.17. The monoisotopic (exact) mass is 346 g/mol. The van der Waals surface area contributed by atoms with Crippen molar-refractivity contribution < 1.29 is 14.3 Å². The average Bonchev–Trinajstić information content (AvgIpc) is 3.21. The lowest BCUT2D eigenvalue weighted by Gasteiger charge is -2.03. The number of hydrogen-bond acceptors (Lipinski definition) is 6. The van der Waals surface area contributed by atoms with E-state index in [0.717, 1.165) is 10.1 Å². The molecule has 0 fully saturated rings. The van der Waals surface area contributed by atoms with E-state index in [1.54, 1.807) is 29.7 Å². The number of carbonyl (C=O) groups excluding carboxylic acids is 2. The summed E-state index contributed by atoms with van der Waals surface area (Å²) >= 11 is 2.96. The fourth-order valence-corrected chi connectivity index (χ4v) is 3.53. The van der Waals surface area contributed by atoms with E-state index in [1.807, 2.05) is 23.6 Å². The van der Waals surface area contributed by atoms with E-state index in [9.17, 15) is 9.59 Å².